The van der Waals surface area contributed by atoms with Crippen LogP contribution in [-0.2, 0) is 0 Å². The van der Waals surface area contributed by atoms with Crippen LogP contribution in [0.15, 0.2) is 18.2 Å². The SMILES string of the molecule is Cc1ccc2c(c1)[C@H]1CN(C)CC[C@@H]1N2.Cl. The standard InChI is InChI=1S/C13H18N2.ClH/c1-9-3-4-12-10(7-9)11-8-15(2)6-5-13(11)14-12;/h3-4,7,11,13-14H,5-6,8H2,1-2H3;1H/t11-,13+;/m1./s1. The molecule has 0 amide bonds. The molecule has 88 valence electrons. The predicted molar refractivity (Wildman–Crippen MR) is 70.7 cm³/mol. The zero-order valence-electron chi connectivity index (χ0n) is 9.86. The van der Waals surface area contributed by atoms with Crippen LogP contribution in [0.1, 0.15) is 23.5 Å². The van der Waals surface area contributed by atoms with Crippen LogP contribution in [-0.4, -0.2) is 31.1 Å². The van der Waals surface area contributed by atoms with Crippen molar-refractivity contribution in [1.29, 1.82) is 0 Å². The van der Waals surface area contributed by atoms with Gasteiger partial charge in [-0.1, -0.05) is 17.7 Å². The number of anilines is 1. The summed E-state index contributed by atoms with van der Waals surface area (Å²) in [6.45, 7) is 4.61. The van der Waals surface area contributed by atoms with Crippen LogP contribution in [0.2, 0.25) is 0 Å². The molecule has 1 aromatic rings. The van der Waals surface area contributed by atoms with Crippen molar-refractivity contribution in [1.82, 2.24) is 4.90 Å². The van der Waals surface area contributed by atoms with Gasteiger partial charge in [-0.3, -0.25) is 0 Å². The van der Waals surface area contributed by atoms with E-state index in [4.69, 9.17) is 0 Å². The normalized spacial score (nSPS) is 27.6. The summed E-state index contributed by atoms with van der Waals surface area (Å²) in [4.78, 5) is 2.44. The van der Waals surface area contributed by atoms with Crippen LogP contribution < -0.4 is 5.32 Å². The van der Waals surface area contributed by atoms with Crippen LogP contribution in [0.3, 0.4) is 0 Å². The molecule has 2 atom stereocenters. The summed E-state index contributed by atoms with van der Waals surface area (Å²) in [5.74, 6) is 0.707. The molecular formula is C13H19ClN2. The second kappa shape index (κ2) is 4.27. The van der Waals surface area contributed by atoms with E-state index in [1.807, 2.05) is 0 Å². The third-order valence-corrected chi connectivity index (χ3v) is 3.76. The van der Waals surface area contributed by atoms with Gasteiger partial charge >= 0.3 is 0 Å². The van der Waals surface area contributed by atoms with Crippen molar-refractivity contribution in [3.8, 4) is 0 Å². The average Bonchev–Trinajstić information content (AvgIpc) is 2.56. The molecule has 16 heavy (non-hydrogen) atoms. The van der Waals surface area contributed by atoms with E-state index in [1.165, 1.54) is 36.3 Å². The van der Waals surface area contributed by atoms with Gasteiger partial charge in [0.05, 0.1) is 0 Å². The lowest BCUT2D eigenvalue weighted by atomic mass is 9.89. The molecule has 0 radical (unpaired) electrons. The van der Waals surface area contributed by atoms with Gasteiger partial charge in [0.1, 0.15) is 0 Å². The van der Waals surface area contributed by atoms with E-state index in [9.17, 15) is 0 Å². The highest BCUT2D eigenvalue weighted by Crippen LogP contribution is 2.40. The maximum atomic E-state index is 3.66. The van der Waals surface area contributed by atoms with Gasteiger partial charge in [-0.15, -0.1) is 12.4 Å². The topological polar surface area (TPSA) is 15.3 Å². The Kier molecular flexibility index (Phi) is 3.13. The molecule has 3 rings (SSSR count). The molecule has 2 aliphatic heterocycles. The van der Waals surface area contributed by atoms with Gasteiger partial charge in [-0.05, 0) is 38.6 Å². The minimum absolute atomic E-state index is 0. The van der Waals surface area contributed by atoms with E-state index in [0.717, 1.165) is 0 Å². The number of halogens is 1. The summed E-state index contributed by atoms with van der Waals surface area (Å²) < 4.78 is 0. The number of hydrogen-bond donors (Lipinski definition) is 1. The molecule has 0 aromatic heterocycles. The summed E-state index contributed by atoms with van der Waals surface area (Å²) in [5, 5.41) is 3.66. The monoisotopic (exact) mass is 238 g/mol. The minimum Gasteiger partial charge on any atom is -0.381 e. The Hall–Kier alpha value is -0.730. The summed E-state index contributed by atoms with van der Waals surface area (Å²) >= 11 is 0. The largest absolute Gasteiger partial charge is 0.381 e. The van der Waals surface area contributed by atoms with Gasteiger partial charge in [0, 0.05) is 24.2 Å². The molecular weight excluding hydrogens is 220 g/mol. The van der Waals surface area contributed by atoms with Crippen molar-refractivity contribution in [3.63, 3.8) is 0 Å². The van der Waals surface area contributed by atoms with Gasteiger partial charge < -0.3 is 10.2 Å². The number of hydrogen-bond acceptors (Lipinski definition) is 2. The number of rotatable bonds is 0. The molecule has 0 aliphatic carbocycles. The number of fused-ring (bicyclic) bond motifs is 3. The van der Waals surface area contributed by atoms with Crippen molar-refractivity contribution in [2.45, 2.75) is 25.3 Å². The van der Waals surface area contributed by atoms with Gasteiger partial charge in [0.15, 0.2) is 0 Å². The number of nitrogens with one attached hydrogen (secondary N) is 1. The number of aryl methyl sites for hydroxylation is 1. The molecule has 1 aromatic carbocycles. The number of piperidine rings is 1. The highest BCUT2D eigenvalue weighted by molar-refractivity contribution is 5.85. The zero-order chi connectivity index (χ0) is 10.4. The molecule has 3 heteroatoms. The van der Waals surface area contributed by atoms with Crippen molar-refractivity contribution in [3.05, 3.63) is 29.3 Å². The fraction of sp³-hybridized carbons (Fsp3) is 0.538. The third-order valence-electron chi connectivity index (χ3n) is 3.76. The van der Waals surface area contributed by atoms with Crippen LogP contribution in [0, 0.1) is 6.92 Å². The summed E-state index contributed by atoms with van der Waals surface area (Å²) in [5.41, 5.74) is 4.28. The molecule has 1 saturated heterocycles. The summed E-state index contributed by atoms with van der Waals surface area (Å²) in [6, 6.07) is 7.47. The maximum absolute atomic E-state index is 3.66. The summed E-state index contributed by atoms with van der Waals surface area (Å²) in [6.07, 6.45) is 1.27. The van der Waals surface area contributed by atoms with Crippen LogP contribution >= 0.6 is 12.4 Å². The van der Waals surface area contributed by atoms with E-state index in [2.05, 4.69) is 42.4 Å². The van der Waals surface area contributed by atoms with Crippen LogP contribution in [0.4, 0.5) is 5.69 Å². The summed E-state index contributed by atoms with van der Waals surface area (Å²) in [7, 11) is 2.23. The quantitative estimate of drug-likeness (QED) is 0.748. The van der Waals surface area contributed by atoms with E-state index < -0.39 is 0 Å². The zero-order valence-corrected chi connectivity index (χ0v) is 10.7. The first-order chi connectivity index (χ1) is 7.24. The molecule has 0 unspecified atom stereocenters. The Morgan fingerprint density at radius 1 is 1.38 bits per heavy atom. The first-order valence-electron chi connectivity index (χ1n) is 5.79. The molecule has 1 fully saturated rings. The molecule has 0 spiro atoms. The van der Waals surface area contributed by atoms with E-state index in [0.29, 0.717) is 12.0 Å². The Morgan fingerprint density at radius 3 is 3.00 bits per heavy atom. The number of nitrogens with zero attached hydrogens (tertiary/aromatic N) is 1. The third kappa shape index (κ3) is 1.80. The molecule has 2 aliphatic rings. The van der Waals surface area contributed by atoms with E-state index >= 15 is 0 Å². The fourth-order valence-corrected chi connectivity index (χ4v) is 2.92. The number of likely N-dealkylation sites (N-methyl/N-ethyl adjacent to an activating group) is 1. The van der Waals surface area contributed by atoms with Crippen LogP contribution in [0.25, 0.3) is 0 Å². The highest BCUT2D eigenvalue weighted by Gasteiger charge is 2.35. The first kappa shape index (κ1) is 11.7. The van der Waals surface area contributed by atoms with Gasteiger partial charge in [-0.25, -0.2) is 0 Å². The maximum Gasteiger partial charge on any atom is 0.0379 e. The molecule has 0 bridgehead atoms. The second-order valence-corrected chi connectivity index (χ2v) is 5.00. The van der Waals surface area contributed by atoms with Crippen molar-refractivity contribution >= 4 is 18.1 Å². The molecule has 0 saturated carbocycles. The molecule has 2 heterocycles. The predicted octanol–water partition coefficient (Wildman–Crippen LogP) is 2.63. The van der Waals surface area contributed by atoms with Crippen molar-refractivity contribution < 1.29 is 0 Å². The molecule has 2 nitrogen and oxygen atoms in total. The van der Waals surface area contributed by atoms with Crippen LogP contribution in [0.5, 0.6) is 0 Å². The van der Waals surface area contributed by atoms with Gasteiger partial charge in [0.2, 0.25) is 0 Å². The lowest BCUT2D eigenvalue weighted by Crippen LogP contribution is -2.39. The average molecular weight is 239 g/mol. The lowest BCUT2D eigenvalue weighted by molar-refractivity contribution is 0.243. The smallest absolute Gasteiger partial charge is 0.0379 e. The van der Waals surface area contributed by atoms with E-state index in [-0.39, 0.29) is 12.4 Å². The second-order valence-electron chi connectivity index (χ2n) is 5.00. The number of likely N-dealkylation sites (tertiary alicyclic amines) is 1. The molecule has 1 N–H and O–H groups in total. The Labute approximate surface area is 103 Å². The Bertz CT molecular complexity index is 392. The van der Waals surface area contributed by atoms with Gasteiger partial charge in [-0.2, -0.15) is 0 Å². The Balaban J connectivity index is 0.000000963. The van der Waals surface area contributed by atoms with Crippen molar-refractivity contribution in [2.24, 2.45) is 0 Å². The van der Waals surface area contributed by atoms with E-state index in [1.54, 1.807) is 0 Å². The fourth-order valence-electron chi connectivity index (χ4n) is 2.92. The highest BCUT2D eigenvalue weighted by atomic mass is 35.5. The van der Waals surface area contributed by atoms with Crippen molar-refractivity contribution in [2.75, 3.05) is 25.5 Å². The van der Waals surface area contributed by atoms with Gasteiger partial charge in [0.25, 0.3) is 0 Å². The first-order valence-corrected chi connectivity index (χ1v) is 5.79. The lowest BCUT2D eigenvalue weighted by Gasteiger charge is -2.32. The Morgan fingerprint density at radius 2 is 2.19 bits per heavy atom. The number of benzene rings is 1. The minimum atomic E-state index is 0.